The lowest BCUT2D eigenvalue weighted by atomic mass is 10.3. The third-order valence-electron chi connectivity index (χ3n) is 2.84. The Hall–Kier alpha value is -2.12. The molecule has 0 aliphatic rings. The van der Waals surface area contributed by atoms with Gasteiger partial charge in [-0.2, -0.15) is 16.4 Å². The van der Waals surface area contributed by atoms with Gasteiger partial charge in [-0.25, -0.2) is 18.4 Å². The third kappa shape index (κ3) is 3.20. The molecule has 22 heavy (non-hydrogen) atoms. The maximum Gasteiger partial charge on any atom is 0.211 e. The molecular weight excluding hydrogens is 324 g/mol. The standard InChI is InChI=1S/C15H11F2N3S2/c1-10-8-22-15(19-14-3-2-12(16)6-13(14)17)20(10)18-7-11-4-5-21-9-11/h2-9H,1H3. The van der Waals surface area contributed by atoms with Crippen LogP contribution in [0.4, 0.5) is 14.5 Å². The van der Waals surface area contributed by atoms with Crippen molar-refractivity contribution in [2.24, 2.45) is 10.1 Å². The fraction of sp³-hybridized carbons (Fsp3) is 0.0667. The number of aryl methyl sites for hydroxylation is 1. The molecule has 0 saturated heterocycles. The van der Waals surface area contributed by atoms with Crippen LogP contribution in [0, 0.1) is 18.6 Å². The van der Waals surface area contributed by atoms with Crippen LogP contribution in [-0.2, 0) is 0 Å². The second-order valence-electron chi connectivity index (χ2n) is 4.48. The van der Waals surface area contributed by atoms with Crippen LogP contribution in [0.25, 0.3) is 0 Å². The minimum absolute atomic E-state index is 0.0859. The van der Waals surface area contributed by atoms with Crippen molar-refractivity contribution in [3.05, 3.63) is 68.1 Å². The van der Waals surface area contributed by atoms with Crippen LogP contribution in [0.1, 0.15) is 11.3 Å². The van der Waals surface area contributed by atoms with Gasteiger partial charge < -0.3 is 0 Å². The van der Waals surface area contributed by atoms with Crippen LogP contribution in [-0.4, -0.2) is 10.9 Å². The summed E-state index contributed by atoms with van der Waals surface area (Å²) in [6, 6.07) is 5.26. The van der Waals surface area contributed by atoms with Gasteiger partial charge in [0.15, 0.2) is 5.82 Å². The smallest absolute Gasteiger partial charge is 0.211 e. The van der Waals surface area contributed by atoms with Crippen LogP contribution in [0.5, 0.6) is 0 Å². The van der Waals surface area contributed by atoms with Gasteiger partial charge in [0, 0.05) is 17.0 Å². The number of hydrogen-bond acceptors (Lipinski definition) is 4. The molecule has 0 aliphatic heterocycles. The number of thiazole rings is 1. The molecule has 0 N–H and O–H groups in total. The SMILES string of the molecule is Cc1csc(=Nc2ccc(F)cc2F)n1N=Cc1ccsc1. The molecule has 1 aromatic carbocycles. The Labute approximate surface area is 133 Å². The van der Waals surface area contributed by atoms with E-state index in [0.29, 0.717) is 4.80 Å². The Bertz CT molecular complexity index is 877. The van der Waals surface area contributed by atoms with Crippen molar-refractivity contribution in [1.82, 2.24) is 4.68 Å². The van der Waals surface area contributed by atoms with E-state index in [-0.39, 0.29) is 5.69 Å². The van der Waals surface area contributed by atoms with Gasteiger partial charge in [-0.15, -0.1) is 11.3 Å². The van der Waals surface area contributed by atoms with Gasteiger partial charge in [-0.05, 0) is 35.9 Å². The first kappa shape index (κ1) is 14.8. The Kier molecular flexibility index (Phi) is 4.26. The molecule has 0 radical (unpaired) electrons. The summed E-state index contributed by atoms with van der Waals surface area (Å²) in [5.41, 5.74) is 1.96. The Balaban J connectivity index is 2.03. The predicted octanol–water partition coefficient (Wildman–Crippen LogP) is 4.31. The highest BCUT2D eigenvalue weighted by molar-refractivity contribution is 7.08. The molecule has 7 heteroatoms. The zero-order valence-electron chi connectivity index (χ0n) is 11.5. The molecule has 3 rings (SSSR count). The van der Waals surface area contributed by atoms with Crippen LogP contribution in [0.15, 0.2) is 50.5 Å². The molecule has 3 aromatic rings. The monoisotopic (exact) mass is 335 g/mol. The van der Waals surface area contributed by atoms with E-state index in [9.17, 15) is 8.78 Å². The second-order valence-corrected chi connectivity index (χ2v) is 6.10. The van der Waals surface area contributed by atoms with Crippen molar-refractivity contribution < 1.29 is 8.78 Å². The minimum Gasteiger partial charge on any atom is -0.217 e. The van der Waals surface area contributed by atoms with Crippen LogP contribution in [0.3, 0.4) is 0 Å². The van der Waals surface area contributed by atoms with Gasteiger partial charge in [0.1, 0.15) is 11.5 Å². The summed E-state index contributed by atoms with van der Waals surface area (Å²) >= 11 is 2.93. The Morgan fingerprint density at radius 1 is 1.18 bits per heavy atom. The summed E-state index contributed by atoms with van der Waals surface area (Å²) < 4.78 is 28.3. The van der Waals surface area contributed by atoms with Crippen LogP contribution < -0.4 is 4.80 Å². The topological polar surface area (TPSA) is 29.6 Å². The van der Waals surface area contributed by atoms with Crippen molar-refractivity contribution in [3.63, 3.8) is 0 Å². The molecule has 2 heterocycles. The zero-order valence-corrected chi connectivity index (χ0v) is 13.2. The quantitative estimate of drug-likeness (QED) is 0.638. The second kappa shape index (κ2) is 6.33. The van der Waals surface area contributed by atoms with E-state index >= 15 is 0 Å². The highest BCUT2D eigenvalue weighted by Gasteiger charge is 2.04. The van der Waals surface area contributed by atoms with Gasteiger partial charge in [-0.1, -0.05) is 0 Å². The summed E-state index contributed by atoms with van der Waals surface area (Å²) in [5, 5.41) is 10.2. The highest BCUT2D eigenvalue weighted by Crippen LogP contribution is 2.18. The van der Waals surface area contributed by atoms with E-state index in [2.05, 4.69) is 10.1 Å². The number of rotatable bonds is 3. The maximum absolute atomic E-state index is 13.7. The number of nitrogens with zero attached hydrogens (tertiary/aromatic N) is 3. The van der Waals surface area contributed by atoms with Crippen LogP contribution in [0.2, 0.25) is 0 Å². The molecule has 0 fully saturated rings. The van der Waals surface area contributed by atoms with Gasteiger partial charge in [0.25, 0.3) is 0 Å². The number of halogens is 2. The molecule has 0 saturated carbocycles. The first-order chi connectivity index (χ1) is 10.6. The molecule has 0 bridgehead atoms. The van der Waals surface area contributed by atoms with Gasteiger partial charge in [0.05, 0.1) is 11.9 Å². The number of hydrogen-bond donors (Lipinski definition) is 0. The van der Waals surface area contributed by atoms with E-state index in [1.807, 2.05) is 29.1 Å². The number of aromatic nitrogens is 1. The molecule has 3 nitrogen and oxygen atoms in total. The lowest BCUT2D eigenvalue weighted by molar-refractivity contribution is 0.584. The van der Waals surface area contributed by atoms with Crippen molar-refractivity contribution in [2.45, 2.75) is 6.92 Å². The maximum atomic E-state index is 13.7. The number of benzene rings is 1. The number of thiophene rings is 1. The molecule has 0 aliphatic carbocycles. The van der Waals surface area contributed by atoms with E-state index in [1.54, 1.807) is 22.2 Å². The minimum atomic E-state index is -0.695. The molecule has 0 amide bonds. The lowest BCUT2D eigenvalue weighted by Gasteiger charge is -1.98. The summed E-state index contributed by atoms with van der Waals surface area (Å²) in [6.45, 7) is 1.89. The van der Waals surface area contributed by atoms with E-state index < -0.39 is 11.6 Å². The fourth-order valence-electron chi connectivity index (χ4n) is 1.75. The van der Waals surface area contributed by atoms with Crippen molar-refractivity contribution >= 4 is 34.6 Å². The first-order valence-electron chi connectivity index (χ1n) is 6.37. The van der Waals surface area contributed by atoms with Crippen LogP contribution >= 0.6 is 22.7 Å². The van der Waals surface area contributed by atoms with E-state index in [4.69, 9.17) is 0 Å². The van der Waals surface area contributed by atoms with E-state index in [1.165, 1.54) is 23.5 Å². The molecule has 0 atom stereocenters. The molecule has 0 spiro atoms. The molecule has 2 aromatic heterocycles. The van der Waals surface area contributed by atoms with Gasteiger partial charge in [0.2, 0.25) is 4.80 Å². The summed E-state index contributed by atoms with van der Waals surface area (Å²) in [5.74, 6) is -1.32. The fourth-order valence-corrected chi connectivity index (χ4v) is 3.18. The van der Waals surface area contributed by atoms with Gasteiger partial charge >= 0.3 is 0 Å². The average molecular weight is 335 g/mol. The zero-order chi connectivity index (χ0) is 15.5. The largest absolute Gasteiger partial charge is 0.217 e. The predicted molar refractivity (Wildman–Crippen MR) is 85.9 cm³/mol. The normalized spacial score (nSPS) is 12.4. The highest BCUT2D eigenvalue weighted by atomic mass is 32.1. The third-order valence-corrected chi connectivity index (χ3v) is 4.48. The molecule has 0 unspecified atom stereocenters. The Morgan fingerprint density at radius 3 is 2.77 bits per heavy atom. The first-order valence-corrected chi connectivity index (χ1v) is 8.19. The van der Waals surface area contributed by atoms with E-state index in [0.717, 1.165) is 17.3 Å². The molecule has 112 valence electrons. The Morgan fingerprint density at radius 2 is 2.05 bits per heavy atom. The van der Waals surface area contributed by atoms with Crippen molar-refractivity contribution in [2.75, 3.05) is 0 Å². The molecular formula is C15H11F2N3S2. The summed E-state index contributed by atoms with van der Waals surface area (Å²) in [6.07, 6.45) is 1.72. The average Bonchev–Trinajstić information content (AvgIpc) is 3.10. The summed E-state index contributed by atoms with van der Waals surface area (Å²) in [7, 11) is 0. The lowest BCUT2D eigenvalue weighted by Crippen LogP contribution is -2.11. The van der Waals surface area contributed by atoms with Crippen molar-refractivity contribution in [3.8, 4) is 0 Å². The van der Waals surface area contributed by atoms with Crippen molar-refractivity contribution in [1.29, 1.82) is 0 Å². The summed E-state index contributed by atoms with van der Waals surface area (Å²) in [4.78, 5) is 4.75. The van der Waals surface area contributed by atoms with Gasteiger partial charge in [-0.3, -0.25) is 0 Å².